The molecule has 0 spiro atoms. The van der Waals surface area contributed by atoms with E-state index in [0.717, 1.165) is 78.7 Å². The molecule has 0 radical (unpaired) electrons. The van der Waals surface area contributed by atoms with E-state index in [9.17, 15) is 8.42 Å². The Balaban J connectivity index is 1.27. The van der Waals surface area contributed by atoms with Crippen molar-refractivity contribution < 1.29 is 13.2 Å². The molecule has 3 aliphatic heterocycles. The molecule has 0 unspecified atom stereocenters. The first-order valence-corrected chi connectivity index (χ1v) is 15.2. The molecule has 0 N–H and O–H groups in total. The second kappa shape index (κ2) is 9.51. The van der Waals surface area contributed by atoms with Crippen molar-refractivity contribution in [1.29, 1.82) is 0 Å². The van der Waals surface area contributed by atoms with Crippen LogP contribution in [0, 0.1) is 6.92 Å². The summed E-state index contributed by atoms with van der Waals surface area (Å²) in [6.45, 7) is 7.55. The molecular formula is C26H33N9O3S. The van der Waals surface area contributed by atoms with Crippen molar-refractivity contribution in [2.75, 3.05) is 56.6 Å². The van der Waals surface area contributed by atoms with E-state index in [1.165, 1.54) is 0 Å². The standard InChI is InChI=1S/C26H33N9O3S/c1-18-27-20-6-3-4-7-21(20)35(18)26-29-24-23(25(30-26)33-11-13-38-14-12-33)28-22(31(24)2)17-32-10-8-19(16-32)34-9-5-15-39(34,36)37/h3-4,6-7,19H,5,8-17H2,1-2H3/t19-/m1/s1. The molecule has 4 aromatic rings. The van der Waals surface area contributed by atoms with Crippen LogP contribution in [0.5, 0.6) is 0 Å². The quantitative estimate of drug-likeness (QED) is 0.364. The molecule has 6 heterocycles. The molecule has 1 atom stereocenters. The number of hydrogen-bond donors (Lipinski definition) is 0. The third-order valence-electron chi connectivity index (χ3n) is 8.18. The van der Waals surface area contributed by atoms with E-state index in [1.807, 2.05) is 42.8 Å². The number of nitrogens with zero attached hydrogens (tertiary/aromatic N) is 9. The Morgan fingerprint density at radius 1 is 1.03 bits per heavy atom. The van der Waals surface area contributed by atoms with Crippen LogP contribution in [0.2, 0.25) is 0 Å². The van der Waals surface area contributed by atoms with E-state index >= 15 is 0 Å². The molecule has 39 heavy (non-hydrogen) atoms. The van der Waals surface area contributed by atoms with Gasteiger partial charge in [-0.1, -0.05) is 12.1 Å². The summed E-state index contributed by atoms with van der Waals surface area (Å²) >= 11 is 0. The fraction of sp³-hybridized carbons (Fsp3) is 0.538. The Hall–Kier alpha value is -3.13. The lowest BCUT2D eigenvalue weighted by molar-refractivity contribution is 0.122. The minimum atomic E-state index is -3.11. The van der Waals surface area contributed by atoms with Crippen molar-refractivity contribution in [2.45, 2.75) is 32.4 Å². The van der Waals surface area contributed by atoms with Crippen LogP contribution in [-0.4, -0.2) is 104 Å². The van der Waals surface area contributed by atoms with Crippen LogP contribution in [-0.2, 0) is 28.4 Å². The molecule has 13 heteroatoms. The number of para-hydroxylation sites is 2. The fourth-order valence-electron chi connectivity index (χ4n) is 6.18. The third-order valence-corrected chi connectivity index (χ3v) is 10.2. The van der Waals surface area contributed by atoms with Gasteiger partial charge >= 0.3 is 0 Å². The molecular weight excluding hydrogens is 518 g/mol. The normalized spacial score (nSPS) is 22.5. The smallest absolute Gasteiger partial charge is 0.239 e. The Morgan fingerprint density at radius 2 is 1.85 bits per heavy atom. The lowest BCUT2D eigenvalue weighted by atomic mass is 10.2. The highest BCUT2D eigenvalue weighted by Gasteiger charge is 2.38. The van der Waals surface area contributed by atoms with Gasteiger partial charge in [-0.3, -0.25) is 9.47 Å². The van der Waals surface area contributed by atoms with Gasteiger partial charge in [0.15, 0.2) is 17.0 Å². The van der Waals surface area contributed by atoms with Gasteiger partial charge in [0.25, 0.3) is 0 Å². The van der Waals surface area contributed by atoms with E-state index in [2.05, 4.69) is 14.4 Å². The average Bonchev–Trinajstić information content (AvgIpc) is 3.69. The molecule has 3 aromatic heterocycles. The molecule has 1 aromatic carbocycles. The van der Waals surface area contributed by atoms with Crippen LogP contribution in [0.4, 0.5) is 5.82 Å². The maximum Gasteiger partial charge on any atom is 0.239 e. The lowest BCUT2D eigenvalue weighted by Gasteiger charge is -2.28. The molecule has 0 amide bonds. The second-order valence-electron chi connectivity index (χ2n) is 10.6. The number of aromatic nitrogens is 6. The zero-order chi connectivity index (χ0) is 26.7. The van der Waals surface area contributed by atoms with Crippen molar-refractivity contribution >= 4 is 38.0 Å². The van der Waals surface area contributed by atoms with E-state index in [0.29, 0.717) is 32.3 Å². The molecule has 0 saturated carbocycles. The molecule has 206 valence electrons. The first kappa shape index (κ1) is 24.9. The number of likely N-dealkylation sites (tertiary alicyclic amines) is 1. The maximum atomic E-state index is 12.5. The molecule has 12 nitrogen and oxygen atoms in total. The second-order valence-corrected chi connectivity index (χ2v) is 12.7. The number of morpholine rings is 1. The van der Waals surface area contributed by atoms with Gasteiger partial charge in [-0.05, 0) is 31.9 Å². The minimum Gasteiger partial charge on any atom is -0.378 e. The first-order valence-electron chi connectivity index (χ1n) is 13.6. The van der Waals surface area contributed by atoms with E-state index < -0.39 is 10.0 Å². The predicted molar refractivity (Wildman–Crippen MR) is 147 cm³/mol. The van der Waals surface area contributed by atoms with Crippen molar-refractivity contribution in [3.05, 3.63) is 35.9 Å². The Labute approximate surface area is 227 Å². The molecule has 7 rings (SSSR count). The van der Waals surface area contributed by atoms with Crippen molar-refractivity contribution in [2.24, 2.45) is 7.05 Å². The number of imidazole rings is 2. The fourth-order valence-corrected chi connectivity index (χ4v) is 7.94. The van der Waals surface area contributed by atoms with Crippen LogP contribution in [0.25, 0.3) is 28.1 Å². The van der Waals surface area contributed by atoms with E-state index in [-0.39, 0.29) is 11.8 Å². The van der Waals surface area contributed by atoms with Crippen LogP contribution in [0.1, 0.15) is 24.5 Å². The number of hydrogen-bond acceptors (Lipinski definition) is 9. The zero-order valence-corrected chi connectivity index (χ0v) is 23.1. The molecule has 3 aliphatic rings. The minimum absolute atomic E-state index is 0.0417. The van der Waals surface area contributed by atoms with Gasteiger partial charge in [0.05, 0.1) is 36.5 Å². The van der Waals surface area contributed by atoms with Crippen LogP contribution < -0.4 is 4.90 Å². The van der Waals surface area contributed by atoms with E-state index in [4.69, 9.17) is 24.7 Å². The molecule has 0 aliphatic carbocycles. The van der Waals surface area contributed by atoms with Gasteiger partial charge in [0, 0.05) is 45.8 Å². The number of sulfonamides is 1. The largest absolute Gasteiger partial charge is 0.378 e. The lowest BCUT2D eigenvalue weighted by Crippen LogP contribution is -2.38. The summed E-state index contributed by atoms with van der Waals surface area (Å²) in [7, 11) is -1.11. The molecule has 3 saturated heterocycles. The predicted octanol–water partition coefficient (Wildman–Crippen LogP) is 1.46. The summed E-state index contributed by atoms with van der Waals surface area (Å²) in [5.41, 5.74) is 3.41. The van der Waals surface area contributed by atoms with E-state index in [1.54, 1.807) is 4.31 Å². The highest BCUT2D eigenvalue weighted by atomic mass is 32.2. The summed E-state index contributed by atoms with van der Waals surface area (Å²) in [6, 6.07) is 8.06. The monoisotopic (exact) mass is 551 g/mol. The van der Waals surface area contributed by atoms with Crippen LogP contribution in [0.15, 0.2) is 24.3 Å². The van der Waals surface area contributed by atoms with Crippen LogP contribution >= 0.6 is 0 Å². The maximum absolute atomic E-state index is 12.5. The average molecular weight is 552 g/mol. The number of rotatable bonds is 5. The highest BCUT2D eigenvalue weighted by Crippen LogP contribution is 2.30. The summed E-state index contributed by atoms with van der Waals surface area (Å²) in [6.07, 6.45) is 1.57. The summed E-state index contributed by atoms with van der Waals surface area (Å²) in [5, 5.41) is 0. The van der Waals surface area contributed by atoms with Crippen molar-refractivity contribution in [3.8, 4) is 5.95 Å². The summed E-state index contributed by atoms with van der Waals surface area (Å²) in [5.74, 6) is 3.37. The number of benzene rings is 1. The topological polar surface area (TPSA) is 115 Å². The van der Waals surface area contributed by atoms with Crippen molar-refractivity contribution in [1.82, 2.24) is 38.3 Å². The zero-order valence-electron chi connectivity index (χ0n) is 22.3. The highest BCUT2D eigenvalue weighted by molar-refractivity contribution is 7.89. The van der Waals surface area contributed by atoms with Gasteiger partial charge in [-0.15, -0.1) is 0 Å². The first-order chi connectivity index (χ1) is 18.9. The number of fused-ring (bicyclic) bond motifs is 2. The SMILES string of the molecule is Cc1nc2ccccc2n1-c1nc(N2CCOCC2)c2nc(CN3CC[C@@H](N4CCCS4(=O)=O)C3)n(C)c2n1. The molecule has 3 fully saturated rings. The van der Waals surface area contributed by atoms with Crippen LogP contribution in [0.3, 0.4) is 0 Å². The Morgan fingerprint density at radius 3 is 2.64 bits per heavy atom. The van der Waals surface area contributed by atoms with Crippen molar-refractivity contribution in [3.63, 3.8) is 0 Å². The molecule has 0 bridgehead atoms. The Bertz CT molecular complexity index is 1660. The van der Waals surface area contributed by atoms with Gasteiger partial charge in [-0.2, -0.15) is 14.3 Å². The third kappa shape index (κ3) is 4.28. The Kier molecular flexibility index (Phi) is 6.06. The summed E-state index contributed by atoms with van der Waals surface area (Å²) in [4.78, 5) is 24.4. The number of ether oxygens (including phenoxy) is 1. The van der Waals surface area contributed by atoms with Gasteiger partial charge in [0.2, 0.25) is 16.0 Å². The van der Waals surface area contributed by atoms with Gasteiger partial charge in [-0.25, -0.2) is 18.4 Å². The number of anilines is 1. The van der Waals surface area contributed by atoms with Gasteiger partial charge < -0.3 is 14.2 Å². The summed E-state index contributed by atoms with van der Waals surface area (Å²) < 4.78 is 36.3. The number of aryl methyl sites for hydroxylation is 2. The van der Waals surface area contributed by atoms with Gasteiger partial charge in [0.1, 0.15) is 11.6 Å².